The van der Waals surface area contributed by atoms with E-state index in [1.807, 2.05) is 81.4 Å². The molecule has 200 valence electrons. The van der Waals surface area contributed by atoms with E-state index in [1.54, 1.807) is 6.08 Å². The minimum absolute atomic E-state index is 0.111. The molecule has 0 fully saturated rings. The van der Waals surface area contributed by atoms with Crippen LogP contribution in [0.25, 0.3) is 0 Å². The van der Waals surface area contributed by atoms with Crippen LogP contribution in [0.4, 0.5) is 8.78 Å². The van der Waals surface area contributed by atoms with Crippen molar-refractivity contribution in [1.82, 2.24) is 4.72 Å². The van der Waals surface area contributed by atoms with Crippen molar-refractivity contribution in [2.24, 2.45) is 0 Å². The van der Waals surface area contributed by atoms with E-state index in [9.17, 15) is 4.21 Å². The summed E-state index contributed by atoms with van der Waals surface area (Å²) >= 11 is 1.20. The number of thiophene rings is 1. The van der Waals surface area contributed by atoms with Crippen LogP contribution in [0.3, 0.4) is 0 Å². The molecule has 0 radical (unpaired) electrons. The maximum Gasteiger partial charge on any atom is 0.295 e. The van der Waals surface area contributed by atoms with E-state index in [0.717, 1.165) is 10.4 Å². The molecular weight excluding hydrogens is 525 g/mol. The summed E-state index contributed by atoms with van der Waals surface area (Å²) in [5.41, 5.74) is -0.111. The van der Waals surface area contributed by atoms with Crippen molar-refractivity contribution in [2.45, 2.75) is 63.3 Å². The molecule has 0 bridgehead atoms. The predicted molar refractivity (Wildman–Crippen MR) is 156 cm³/mol. The quantitative estimate of drug-likeness (QED) is 0.221. The topological polar surface area (TPSA) is 38.3 Å². The van der Waals surface area contributed by atoms with E-state index >= 15 is 8.78 Å². The van der Waals surface area contributed by atoms with E-state index in [2.05, 4.69) is 32.1 Å². The lowest BCUT2D eigenvalue weighted by atomic mass is 10.1. The fourth-order valence-corrected chi connectivity index (χ4v) is 10.7. The van der Waals surface area contributed by atoms with Gasteiger partial charge in [0.05, 0.1) is 21.8 Å². The molecule has 1 N–H and O–H groups in total. The lowest BCUT2D eigenvalue weighted by Crippen LogP contribution is -2.67. The zero-order valence-electron chi connectivity index (χ0n) is 22.4. The molecule has 0 spiro atoms. The second-order valence-electron chi connectivity index (χ2n) is 11.1. The lowest BCUT2D eigenvalue weighted by Gasteiger charge is -2.43. The van der Waals surface area contributed by atoms with E-state index in [-0.39, 0.29) is 5.56 Å². The molecule has 0 aliphatic rings. The zero-order valence-corrected chi connectivity index (χ0v) is 25.0. The van der Waals surface area contributed by atoms with Gasteiger partial charge in [-0.1, -0.05) is 87.5 Å². The Morgan fingerprint density at radius 3 is 1.95 bits per heavy atom. The van der Waals surface area contributed by atoms with Crippen molar-refractivity contribution in [1.29, 1.82) is 0 Å². The Labute approximate surface area is 227 Å². The van der Waals surface area contributed by atoms with E-state index in [1.165, 1.54) is 22.8 Å². The van der Waals surface area contributed by atoms with E-state index < -0.39 is 47.7 Å². The lowest BCUT2D eigenvalue weighted by molar-refractivity contribution is -0.0494. The highest BCUT2D eigenvalue weighted by atomic mass is 32.2. The average molecular weight is 562 g/mol. The third-order valence-electron chi connectivity index (χ3n) is 6.26. The van der Waals surface area contributed by atoms with Crippen molar-refractivity contribution >= 4 is 41.0 Å². The number of hydrogen-bond donors (Lipinski definition) is 1. The SMILES string of the molecule is C=C[C@@H](N[S@](=O)C(C)(C)C)c1cc(C(F)(F)CO[Si](c2ccccc2)(c2ccccc2)C(C)(C)C)cs1. The molecule has 2 aromatic carbocycles. The Kier molecular flexibility index (Phi) is 9.12. The van der Waals surface area contributed by atoms with Crippen LogP contribution in [-0.4, -0.2) is 23.9 Å². The van der Waals surface area contributed by atoms with Crippen LogP contribution in [0.1, 0.15) is 58.0 Å². The number of alkyl halides is 2. The van der Waals surface area contributed by atoms with Gasteiger partial charge in [-0.05, 0) is 42.2 Å². The van der Waals surface area contributed by atoms with Gasteiger partial charge >= 0.3 is 0 Å². The van der Waals surface area contributed by atoms with Crippen LogP contribution in [0.15, 0.2) is 84.8 Å². The minimum atomic E-state index is -3.21. The number of halogens is 2. The van der Waals surface area contributed by atoms with Gasteiger partial charge in [0, 0.05) is 15.8 Å². The smallest absolute Gasteiger partial charge is 0.295 e. The van der Waals surface area contributed by atoms with Gasteiger partial charge in [0.2, 0.25) is 0 Å². The first-order valence-electron chi connectivity index (χ1n) is 12.2. The maximum absolute atomic E-state index is 15.7. The van der Waals surface area contributed by atoms with Gasteiger partial charge in [-0.15, -0.1) is 17.9 Å². The molecule has 1 aromatic heterocycles. The van der Waals surface area contributed by atoms with Gasteiger partial charge in [-0.25, -0.2) is 8.93 Å². The first-order chi connectivity index (χ1) is 17.2. The van der Waals surface area contributed by atoms with Gasteiger partial charge in [-0.2, -0.15) is 8.78 Å². The standard InChI is InChI=1S/C29H37F2NO2S2Si/c1-8-25(32-36(33)27(2,3)4)26-19-22(20-35-26)29(30,31)21-34-37(28(5,6)7,23-15-11-9-12-16-23)24-17-13-10-14-18-24/h8-20,25,32H,1,21H2,2-7H3/t25-,36-/m1/s1. The van der Waals surface area contributed by atoms with Crippen molar-refractivity contribution in [3.05, 3.63) is 95.2 Å². The van der Waals surface area contributed by atoms with Crippen molar-refractivity contribution in [3.8, 4) is 0 Å². The first kappa shape index (κ1) is 29.6. The summed E-state index contributed by atoms with van der Waals surface area (Å²) in [7, 11) is -4.47. The first-order valence-corrected chi connectivity index (χ1v) is 16.2. The van der Waals surface area contributed by atoms with E-state index in [0.29, 0.717) is 4.88 Å². The molecule has 0 saturated heterocycles. The molecular formula is C29H37F2NO2S2Si. The molecule has 37 heavy (non-hydrogen) atoms. The molecule has 2 atom stereocenters. The number of benzene rings is 2. The van der Waals surface area contributed by atoms with Crippen LogP contribution in [0.5, 0.6) is 0 Å². The average Bonchev–Trinajstić information content (AvgIpc) is 3.34. The Balaban J connectivity index is 1.94. The highest BCUT2D eigenvalue weighted by Crippen LogP contribution is 2.40. The predicted octanol–water partition coefficient (Wildman–Crippen LogP) is 6.70. The number of hydrogen-bond acceptors (Lipinski definition) is 3. The highest BCUT2D eigenvalue weighted by Gasteiger charge is 2.52. The Bertz CT molecular complexity index is 1160. The Morgan fingerprint density at radius 1 is 1.00 bits per heavy atom. The Hall–Kier alpha value is -1.97. The van der Waals surface area contributed by atoms with Crippen molar-refractivity contribution < 1.29 is 17.4 Å². The molecule has 3 aromatic rings. The summed E-state index contributed by atoms with van der Waals surface area (Å²) < 4.78 is 53.1. The summed E-state index contributed by atoms with van der Waals surface area (Å²) in [6, 6.07) is 20.5. The molecule has 1 heterocycles. The minimum Gasteiger partial charge on any atom is -0.401 e. The molecule has 0 aliphatic heterocycles. The molecule has 8 heteroatoms. The van der Waals surface area contributed by atoms with Crippen LogP contribution in [-0.2, 0) is 21.3 Å². The zero-order chi connectivity index (χ0) is 27.5. The summed E-state index contributed by atoms with van der Waals surface area (Å²) in [5.74, 6) is -3.21. The van der Waals surface area contributed by atoms with Crippen LogP contribution >= 0.6 is 11.3 Å². The molecule has 3 rings (SSSR count). The number of rotatable bonds is 10. The fraction of sp³-hybridized carbons (Fsp3) is 0.379. The monoisotopic (exact) mass is 561 g/mol. The molecule has 0 saturated carbocycles. The fourth-order valence-electron chi connectivity index (χ4n) is 4.27. The number of nitrogens with one attached hydrogen (secondary N) is 1. The second kappa shape index (κ2) is 11.4. The van der Waals surface area contributed by atoms with Gasteiger partial charge in [0.25, 0.3) is 14.2 Å². The largest absolute Gasteiger partial charge is 0.401 e. The van der Waals surface area contributed by atoms with Crippen molar-refractivity contribution in [3.63, 3.8) is 0 Å². The van der Waals surface area contributed by atoms with Crippen molar-refractivity contribution in [2.75, 3.05) is 6.61 Å². The Morgan fingerprint density at radius 2 is 1.51 bits per heavy atom. The maximum atomic E-state index is 15.7. The summed E-state index contributed by atoms with van der Waals surface area (Å²) in [5, 5.41) is 2.97. The van der Waals surface area contributed by atoms with Gasteiger partial charge in [0.15, 0.2) is 0 Å². The highest BCUT2D eigenvalue weighted by molar-refractivity contribution is 7.84. The van der Waals surface area contributed by atoms with Gasteiger partial charge in [0.1, 0.15) is 6.61 Å². The second-order valence-corrected chi connectivity index (χ2v) is 18.4. The summed E-state index contributed by atoms with van der Waals surface area (Å²) in [4.78, 5) is 0.632. The van der Waals surface area contributed by atoms with Crippen LogP contribution in [0.2, 0.25) is 5.04 Å². The normalized spacial score (nSPS) is 14.8. The van der Waals surface area contributed by atoms with Gasteiger partial charge < -0.3 is 4.43 Å². The van der Waals surface area contributed by atoms with Crippen LogP contribution < -0.4 is 15.1 Å². The molecule has 0 amide bonds. The van der Waals surface area contributed by atoms with Crippen LogP contribution in [0, 0.1) is 0 Å². The van der Waals surface area contributed by atoms with Gasteiger partial charge in [-0.3, -0.25) is 0 Å². The third-order valence-corrected chi connectivity index (χ3v) is 13.8. The summed E-state index contributed by atoms with van der Waals surface area (Å²) in [6.07, 6.45) is 1.59. The molecule has 3 nitrogen and oxygen atoms in total. The molecule has 0 aliphatic carbocycles. The summed E-state index contributed by atoms with van der Waals surface area (Å²) in [6.45, 7) is 14.8. The molecule has 0 unspecified atom stereocenters. The van der Waals surface area contributed by atoms with E-state index in [4.69, 9.17) is 4.43 Å². The third kappa shape index (κ3) is 6.54.